The molecule has 25 heavy (non-hydrogen) atoms. The summed E-state index contributed by atoms with van der Waals surface area (Å²) in [7, 11) is 0. The number of carbonyl (C=O) groups excluding carboxylic acids is 1. The minimum absolute atomic E-state index is 0.00375. The van der Waals surface area contributed by atoms with Crippen molar-refractivity contribution in [2.75, 3.05) is 13.2 Å². The Morgan fingerprint density at radius 1 is 1.40 bits per heavy atom. The first kappa shape index (κ1) is 21.5. The van der Waals surface area contributed by atoms with Crippen LogP contribution in [0.3, 0.4) is 0 Å². The lowest BCUT2D eigenvalue weighted by Gasteiger charge is -2.26. The lowest BCUT2D eigenvalue weighted by molar-refractivity contribution is -0.136. The molecule has 0 amide bonds. The maximum atomic E-state index is 11.4. The van der Waals surface area contributed by atoms with E-state index in [4.69, 9.17) is 15.9 Å². The molecule has 1 atom stereocenters. The second kappa shape index (κ2) is 11.2. The molecule has 0 spiro atoms. The summed E-state index contributed by atoms with van der Waals surface area (Å²) in [4.78, 5) is 11.4. The van der Waals surface area contributed by atoms with Crippen molar-refractivity contribution >= 4 is 5.97 Å². The van der Waals surface area contributed by atoms with E-state index >= 15 is 0 Å². The molecule has 0 aromatic carbocycles. The van der Waals surface area contributed by atoms with Gasteiger partial charge in [-0.25, -0.2) is 4.79 Å². The average Bonchev–Trinajstić information content (AvgIpc) is 3.35. The molecule has 0 radical (unpaired) electrons. The Morgan fingerprint density at radius 2 is 2.12 bits per heavy atom. The Hall–Kier alpha value is -1.53. The summed E-state index contributed by atoms with van der Waals surface area (Å²) in [5.74, 6) is 3.33. The van der Waals surface area contributed by atoms with E-state index in [0.29, 0.717) is 5.92 Å². The van der Waals surface area contributed by atoms with Crippen molar-refractivity contribution in [3.63, 3.8) is 0 Å². The molecule has 140 valence electrons. The normalized spacial score (nSPS) is 16.7. The molecule has 0 bridgehead atoms. The van der Waals surface area contributed by atoms with Gasteiger partial charge in [0.15, 0.2) is 6.61 Å². The highest BCUT2D eigenvalue weighted by atomic mass is 16.5. The van der Waals surface area contributed by atoms with Gasteiger partial charge in [-0.2, -0.15) is 0 Å². The first-order valence-corrected chi connectivity index (χ1v) is 9.41. The van der Waals surface area contributed by atoms with Crippen LogP contribution >= 0.6 is 0 Å². The van der Waals surface area contributed by atoms with Gasteiger partial charge in [-0.15, -0.1) is 6.42 Å². The lowest BCUT2D eigenvalue weighted by Crippen LogP contribution is -2.25. The Balaban J connectivity index is 2.18. The molecule has 0 aromatic rings. The fraction of sp³-hybridized carbons (Fsp3) is 0.682. The van der Waals surface area contributed by atoms with Crippen LogP contribution in [0.25, 0.3) is 0 Å². The van der Waals surface area contributed by atoms with E-state index in [1.807, 2.05) is 13.0 Å². The number of allylic oxidation sites excluding steroid dienone is 3. The Labute approximate surface area is 153 Å². The number of carbonyl (C=O) groups is 1. The highest BCUT2D eigenvalue weighted by Gasteiger charge is 2.26. The van der Waals surface area contributed by atoms with Crippen molar-refractivity contribution in [2.24, 2.45) is 11.8 Å². The summed E-state index contributed by atoms with van der Waals surface area (Å²) in [6, 6.07) is 0. The van der Waals surface area contributed by atoms with E-state index in [2.05, 4.69) is 32.8 Å². The molecule has 1 unspecified atom stereocenters. The van der Waals surface area contributed by atoms with Gasteiger partial charge in [0.25, 0.3) is 0 Å². The van der Waals surface area contributed by atoms with Crippen LogP contribution in [0, 0.1) is 24.2 Å². The van der Waals surface area contributed by atoms with Crippen LogP contribution in [0.15, 0.2) is 23.8 Å². The van der Waals surface area contributed by atoms with Crippen molar-refractivity contribution in [3.8, 4) is 12.3 Å². The van der Waals surface area contributed by atoms with Crippen LogP contribution in [0.4, 0.5) is 0 Å². The Morgan fingerprint density at radius 3 is 2.76 bits per heavy atom. The molecule has 0 aliphatic heterocycles. The molecule has 0 heterocycles. The van der Waals surface area contributed by atoms with Gasteiger partial charge in [0.1, 0.15) is 0 Å². The van der Waals surface area contributed by atoms with Gasteiger partial charge in [-0.05, 0) is 63.9 Å². The topological polar surface area (TPSA) is 35.5 Å². The molecule has 0 aromatic heterocycles. The van der Waals surface area contributed by atoms with Crippen LogP contribution in [-0.4, -0.2) is 24.8 Å². The molecular weight excluding hydrogens is 312 g/mol. The van der Waals surface area contributed by atoms with E-state index < -0.39 is 0 Å². The summed E-state index contributed by atoms with van der Waals surface area (Å²) < 4.78 is 10.9. The van der Waals surface area contributed by atoms with Gasteiger partial charge in [0.2, 0.25) is 0 Å². The minimum atomic E-state index is -0.387. The maximum Gasteiger partial charge on any atom is 0.331 e. The largest absolute Gasteiger partial charge is 0.449 e. The number of hydrogen-bond donors (Lipinski definition) is 0. The second-order valence-electron chi connectivity index (χ2n) is 7.85. The highest BCUT2D eigenvalue weighted by Crippen LogP contribution is 2.31. The van der Waals surface area contributed by atoms with E-state index in [0.717, 1.165) is 30.9 Å². The van der Waals surface area contributed by atoms with Crippen molar-refractivity contribution < 1.29 is 14.3 Å². The van der Waals surface area contributed by atoms with Gasteiger partial charge >= 0.3 is 5.97 Å². The standard InChI is InChI=1S/C22H34O3/c1-6-15-24-21(23)16-19(3)10-7-9-18(2)11-8-14-22(4,5)25-17-20-12-13-20/h1,7,10,16,18,20H,8-9,11-15,17H2,2-5H3. The predicted molar refractivity (Wildman–Crippen MR) is 103 cm³/mol. The van der Waals surface area contributed by atoms with E-state index in [-0.39, 0.29) is 18.2 Å². The predicted octanol–water partition coefficient (Wildman–Crippen LogP) is 5.07. The van der Waals surface area contributed by atoms with E-state index in [9.17, 15) is 4.79 Å². The summed E-state index contributed by atoms with van der Waals surface area (Å²) >= 11 is 0. The molecule has 1 fully saturated rings. The molecule has 0 saturated heterocycles. The zero-order valence-electron chi connectivity index (χ0n) is 16.3. The smallest absolute Gasteiger partial charge is 0.331 e. The third-order valence-electron chi connectivity index (χ3n) is 4.44. The maximum absolute atomic E-state index is 11.4. The van der Waals surface area contributed by atoms with E-state index in [1.165, 1.54) is 31.8 Å². The first-order chi connectivity index (χ1) is 11.8. The third-order valence-corrected chi connectivity index (χ3v) is 4.44. The molecule has 0 N–H and O–H groups in total. The van der Waals surface area contributed by atoms with Crippen LogP contribution in [0.1, 0.15) is 66.2 Å². The Bertz CT molecular complexity index is 504. The van der Waals surface area contributed by atoms with Crippen molar-refractivity contribution in [2.45, 2.75) is 71.8 Å². The zero-order valence-corrected chi connectivity index (χ0v) is 16.3. The van der Waals surface area contributed by atoms with E-state index in [1.54, 1.807) is 0 Å². The first-order valence-electron chi connectivity index (χ1n) is 9.41. The van der Waals surface area contributed by atoms with Crippen LogP contribution in [0.2, 0.25) is 0 Å². The fourth-order valence-corrected chi connectivity index (χ4v) is 2.57. The molecule has 1 rings (SSSR count). The quantitative estimate of drug-likeness (QED) is 0.214. The van der Waals surface area contributed by atoms with Crippen LogP contribution < -0.4 is 0 Å². The van der Waals surface area contributed by atoms with Crippen molar-refractivity contribution in [3.05, 3.63) is 23.8 Å². The van der Waals surface area contributed by atoms with Gasteiger partial charge in [-0.1, -0.05) is 37.8 Å². The SMILES string of the molecule is C#CCOC(=O)C=C(C)C=CCC(C)CCCC(C)(C)OCC1CC1. The molecule has 1 aliphatic carbocycles. The number of ether oxygens (including phenoxy) is 2. The van der Waals surface area contributed by atoms with Gasteiger partial charge in [-0.3, -0.25) is 0 Å². The summed E-state index contributed by atoms with van der Waals surface area (Å²) in [5, 5.41) is 0. The molecule has 3 heteroatoms. The number of rotatable bonds is 12. The Kier molecular flexibility index (Phi) is 9.60. The van der Waals surface area contributed by atoms with Crippen LogP contribution in [0.5, 0.6) is 0 Å². The number of terminal acetylenes is 1. The van der Waals surface area contributed by atoms with Crippen molar-refractivity contribution in [1.82, 2.24) is 0 Å². The van der Waals surface area contributed by atoms with Gasteiger partial charge < -0.3 is 9.47 Å². The fourth-order valence-electron chi connectivity index (χ4n) is 2.57. The number of hydrogen-bond acceptors (Lipinski definition) is 3. The molecule has 1 saturated carbocycles. The number of esters is 1. The van der Waals surface area contributed by atoms with Gasteiger partial charge in [0, 0.05) is 6.08 Å². The van der Waals surface area contributed by atoms with Gasteiger partial charge in [0.05, 0.1) is 12.2 Å². The second-order valence-corrected chi connectivity index (χ2v) is 7.85. The van der Waals surface area contributed by atoms with Crippen molar-refractivity contribution in [1.29, 1.82) is 0 Å². The molecule has 1 aliphatic rings. The van der Waals surface area contributed by atoms with Crippen LogP contribution in [-0.2, 0) is 14.3 Å². The monoisotopic (exact) mass is 346 g/mol. The zero-order chi connectivity index (χ0) is 18.7. The minimum Gasteiger partial charge on any atom is -0.449 e. The summed E-state index contributed by atoms with van der Waals surface area (Å²) in [5.41, 5.74) is 0.875. The molecule has 3 nitrogen and oxygen atoms in total. The summed E-state index contributed by atoms with van der Waals surface area (Å²) in [6.45, 7) is 9.51. The third kappa shape index (κ3) is 11.6. The highest BCUT2D eigenvalue weighted by molar-refractivity contribution is 5.83. The summed E-state index contributed by atoms with van der Waals surface area (Å²) in [6.07, 6.45) is 17.8. The average molecular weight is 347 g/mol. The molecular formula is C22H34O3. The lowest BCUT2D eigenvalue weighted by atomic mass is 9.94.